The third-order valence-corrected chi connectivity index (χ3v) is 4.31. The van der Waals surface area contributed by atoms with E-state index in [0.717, 1.165) is 5.56 Å². The van der Waals surface area contributed by atoms with Crippen LogP contribution in [0.3, 0.4) is 0 Å². The van der Waals surface area contributed by atoms with Crippen LogP contribution in [0.2, 0.25) is 0 Å². The molecule has 4 aromatic rings. The fourth-order valence-corrected chi connectivity index (χ4v) is 3.12. The molecular weight excluding hydrogens is 329 g/mol. The van der Waals surface area contributed by atoms with Gasteiger partial charge in [-0.3, -0.25) is 10.1 Å². The second-order valence-corrected chi connectivity index (χ2v) is 6.06. The van der Waals surface area contributed by atoms with Gasteiger partial charge in [0.05, 0.1) is 10.2 Å². The molecule has 118 valence electrons. The first kappa shape index (κ1) is 14.5. The van der Waals surface area contributed by atoms with E-state index in [4.69, 9.17) is 4.52 Å². The lowest BCUT2D eigenvalue weighted by Gasteiger charge is -1.95. The number of benzene rings is 2. The highest BCUT2D eigenvalue weighted by Gasteiger charge is 2.15. The molecule has 5 nitrogen and oxygen atoms in total. The predicted octanol–water partition coefficient (Wildman–Crippen LogP) is 4.34. The van der Waals surface area contributed by atoms with E-state index >= 15 is 0 Å². The third kappa shape index (κ3) is 2.77. The second-order valence-electron chi connectivity index (χ2n) is 5.03. The first-order chi connectivity index (χ1) is 11.7. The summed E-state index contributed by atoms with van der Waals surface area (Å²) < 4.78 is 19.1. The van der Waals surface area contributed by atoms with E-state index in [2.05, 4.69) is 15.5 Å². The number of hydrogen-bond donors (Lipinski definition) is 1. The Morgan fingerprint density at radius 2 is 1.96 bits per heavy atom. The molecule has 0 unspecified atom stereocenters. The van der Waals surface area contributed by atoms with Crippen molar-refractivity contribution >= 4 is 32.6 Å². The highest BCUT2D eigenvalue weighted by molar-refractivity contribution is 7.22. The first-order valence-corrected chi connectivity index (χ1v) is 7.90. The van der Waals surface area contributed by atoms with Crippen LogP contribution in [0.15, 0.2) is 59.1 Å². The molecule has 0 aliphatic rings. The fourth-order valence-electron chi connectivity index (χ4n) is 2.23. The summed E-state index contributed by atoms with van der Waals surface area (Å²) in [7, 11) is 0. The van der Waals surface area contributed by atoms with Crippen molar-refractivity contribution in [3.63, 3.8) is 0 Å². The normalized spacial score (nSPS) is 10.9. The molecule has 7 heteroatoms. The second kappa shape index (κ2) is 5.86. The first-order valence-electron chi connectivity index (χ1n) is 7.08. The van der Waals surface area contributed by atoms with Crippen LogP contribution >= 0.6 is 11.3 Å². The van der Waals surface area contributed by atoms with E-state index in [0.29, 0.717) is 21.1 Å². The summed E-state index contributed by atoms with van der Waals surface area (Å²) in [5.74, 6) is -0.263. The Morgan fingerprint density at radius 1 is 1.12 bits per heavy atom. The van der Waals surface area contributed by atoms with Crippen LogP contribution in [-0.4, -0.2) is 16.0 Å². The number of aromatic nitrogens is 2. The van der Waals surface area contributed by atoms with Crippen molar-refractivity contribution in [3.8, 4) is 11.3 Å². The molecule has 0 atom stereocenters. The number of hydrogen-bond acceptors (Lipinski definition) is 5. The molecule has 0 saturated carbocycles. The van der Waals surface area contributed by atoms with E-state index in [-0.39, 0.29) is 11.5 Å². The zero-order chi connectivity index (χ0) is 16.5. The van der Waals surface area contributed by atoms with Crippen molar-refractivity contribution in [2.75, 3.05) is 5.32 Å². The van der Waals surface area contributed by atoms with Crippen LogP contribution in [-0.2, 0) is 0 Å². The van der Waals surface area contributed by atoms with E-state index in [1.165, 1.54) is 23.5 Å². The molecule has 4 rings (SSSR count). The van der Waals surface area contributed by atoms with Gasteiger partial charge in [-0.2, -0.15) is 0 Å². The number of nitrogens with zero attached hydrogens (tertiary/aromatic N) is 2. The Kier molecular flexibility index (Phi) is 3.55. The summed E-state index contributed by atoms with van der Waals surface area (Å²) in [6, 6.07) is 15.2. The Balaban J connectivity index is 1.56. The van der Waals surface area contributed by atoms with Gasteiger partial charge < -0.3 is 4.52 Å². The van der Waals surface area contributed by atoms with Crippen molar-refractivity contribution in [1.29, 1.82) is 0 Å². The maximum absolute atomic E-state index is 13.2. The van der Waals surface area contributed by atoms with Gasteiger partial charge in [-0.25, -0.2) is 9.37 Å². The lowest BCUT2D eigenvalue weighted by Crippen LogP contribution is -2.11. The molecule has 0 fully saturated rings. The SMILES string of the molecule is O=C(Nc1nc2ccc(F)cc2s1)c1cc(-c2ccccc2)on1. The molecule has 2 heterocycles. The monoisotopic (exact) mass is 339 g/mol. The summed E-state index contributed by atoms with van der Waals surface area (Å²) in [5, 5.41) is 6.82. The van der Waals surface area contributed by atoms with Crippen LogP contribution in [0.4, 0.5) is 9.52 Å². The summed E-state index contributed by atoms with van der Waals surface area (Å²) >= 11 is 1.20. The number of nitrogens with one attached hydrogen (secondary N) is 1. The van der Waals surface area contributed by atoms with Crippen LogP contribution < -0.4 is 5.32 Å². The van der Waals surface area contributed by atoms with Crippen molar-refractivity contribution in [1.82, 2.24) is 10.1 Å². The number of thiazole rings is 1. The number of carbonyl (C=O) groups excluding carboxylic acids is 1. The number of fused-ring (bicyclic) bond motifs is 1. The van der Waals surface area contributed by atoms with Crippen molar-refractivity contribution < 1.29 is 13.7 Å². The molecule has 0 spiro atoms. The van der Waals surface area contributed by atoms with Crippen LogP contribution in [0, 0.1) is 5.82 Å². The number of rotatable bonds is 3. The van der Waals surface area contributed by atoms with Crippen LogP contribution in [0.1, 0.15) is 10.5 Å². The van der Waals surface area contributed by atoms with Gasteiger partial charge in [0.1, 0.15) is 5.82 Å². The zero-order valence-electron chi connectivity index (χ0n) is 12.2. The van der Waals surface area contributed by atoms with Gasteiger partial charge in [0.15, 0.2) is 16.6 Å². The Bertz CT molecular complexity index is 1030. The van der Waals surface area contributed by atoms with Gasteiger partial charge in [0, 0.05) is 11.6 Å². The quantitative estimate of drug-likeness (QED) is 0.603. The summed E-state index contributed by atoms with van der Waals surface area (Å²) in [5.41, 5.74) is 1.61. The van der Waals surface area contributed by atoms with Gasteiger partial charge in [-0.15, -0.1) is 0 Å². The minimum Gasteiger partial charge on any atom is -0.355 e. The molecule has 0 aliphatic carbocycles. The number of amides is 1. The number of carbonyl (C=O) groups is 1. The molecular formula is C17H10FN3O2S. The van der Waals surface area contributed by atoms with Crippen LogP contribution in [0.5, 0.6) is 0 Å². The van der Waals surface area contributed by atoms with Crippen molar-refractivity contribution in [2.45, 2.75) is 0 Å². The predicted molar refractivity (Wildman–Crippen MR) is 89.5 cm³/mol. The summed E-state index contributed by atoms with van der Waals surface area (Å²) in [6.07, 6.45) is 0. The molecule has 0 radical (unpaired) electrons. The van der Waals surface area contributed by atoms with E-state index in [9.17, 15) is 9.18 Å². The highest BCUT2D eigenvalue weighted by atomic mass is 32.1. The summed E-state index contributed by atoms with van der Waals surface area (Å²) in [6.45, 7) is 0. The molecule has 0 bridgehead atoms. The smallest absolute Gasteiger partial charge is 0.279 e. The minimum atomic E-state index is -0.430. The average molecular weight is 339 g/mol. The topological polar surface area (TPSA) is 68.0 Å². The highest BCUT2D eigenvalue weighted by Crippen LogP contribution is 2.27. The van der Waals surface area contributed by atoms with Gasteiger partial charge in [0.25, 0.3) is 5.91 Å². The van der Waals surface area contributed by atoms with Gasteiger partial charge in [0.2, 0.25) is 0 Å². The standard InChI is InChI=1S/C17H10FN3O2S/c18-11-6-7-12-15(8-11)24-17(19-12)20-16(22)13-9-14(23-21-13)10-4-2-1-3-5-10/h1-9H,(H,19,20,22). The molecule has 1 amide bonds. The largest absolute Gasteiger partial charge is 0.355 e. The lowest BCUT2D eigenvalue weighted by atomic mass is 10.1. The maximum atomic E-state index is 13.2. The third-order valence-electron chi connectivity index (χ3n) is 3.37. The molecule has 2 aromatic carbocycles. The van der Waals surface area contributed by atoms with Gasteiger partial charge in [-0.05, 0) is 18.2 Å². The van der Waals surface area contributed by atoms with Crippen molar-refractivity contribution in [2.24, 2.45) is 0 Å². The summed E-state index contributed by atoms with van der Waals surface area (Å²) in [4.78, 5) is 16.5. The molecule has 0 aliphatic heterocycles. The average Bonchev–Trinajstić information content (AvgIpc) is 3.22. The minimum absolute atomic E-state index is 0.152. The van der Waals surface area contributed by atoms with Crippen LogP contribution in [0.25, 0.3) is 21.5 Å². The van der Waals surface area contributed by atoms with E-state index < -0.39 is 5.91 Å². The number of halogens is 1. The van der Waals surface area contributed by atoms with Crippen molar-refractivity contribution in [3.05, 3.63) is 66.1 Å². The molecule has 2 aromatic heterocycles. The maximum Gasteiger partial charge on any atom is 0.279 e. The molecule has 0 saturated heterocycles. The lowest BCUT2D eigenvalue weighted by molar-refractivity contribution is 0.101. The Hall–Kier alpha value is -3.06. The Labute approximate surface area is 139 Å². The van der Waals surface area contributed by atoms with Gasteiger partial charge in [-0.1, -0.05) is 46.8 Å². The van der Waals surface area contributed by atoms with Gasteiger partial charge >= 0.3 is 0 Å². The van der Waals surface area contributed by atoms with E-state index in [1.807, 2.05) is 30.3 Å². The molecule has 24 heavy (non-hydrogen) atoms. The molecule has 1 N–H and O–H groups in total. The Morgan fingerprint density at radius 3 is 2.79 bits per heavy atom. The number of anilines is 1. The zero-order valence-corrected chi connectivity index (χ0v) is 13.0. The van der Waals surface area contributed by atoms with E-state index in [1.54, 1.807) is 12.1 Å². The fraction of sp³-hybridized carbons (Fsp3) is 0.